The van der Waals surface area contributed by atoms with Crippen molar-refractivity contribution in [2.75, 3.05) is 11.9 Å². The molecule has 88 valence electrons. The highest BCUT2D eigenvalue weighted by Crippen LogP contribution is 2.23. The third kappa shape index (κ3) is 2.14. The lowest BCUT2D eigenvalue weighted by Crippen LogP contribution is -2.35. The Morgan fingerprint density at radius 1 is 1.41 bits per heavy atom. The predicted molar refractivity (Wildman–Crippen MR) is 65.1 cm³/mol. The first-order valence-electron chi connectivity index (χ1n) is 4.98. The number of hydrogen-bond donors (Lipinski definition) is 1. The minimum Gasteiger partial charge on any atom is -0.488 e. The number of hydrogen-bond acceptors (Lipinski definition) is 5. The van der Waals surface area contributed by atoms with Gasteiger partial charge in [0.05, 0.1) is 6.61 Å². The minimum absolute atomic E-state index is 0.0745. The molecule has 0 atom stereocenters. The summed E-state index contributed by atoms with van der Waals surface area (Å²) in [6.07, 6.45) is 1.50. The normalized spacial score (nSPS) is 10.5. The van der Waals surface area contributed by atoms with Crippen molar-refractivity contribution in [2.24, 2.45) is 0 Å². The molecule has 2 aromatic rings. The summed E-state index contributed by atoms with van der Waals surface area (Å²) < 4.78 is 5.07. The van der Waals surface area contributed by atoms with Gasteiger partial charge in [0.1, 0.15) is 10.8 Å². The summed E-state index contributed by atoms with van der Waals surface area (Å²) in [4.78, 5) is 26.4. The van der Waals surface area contributed by atoms with Gasteiger partial charge in [0.2, 0.25) is 0 Å². The smallest absolute Gasteiger partial charge is 0.272 e. The van der Waals surface area contributed by atoms with Crippen molar-refractivity contribution in [3.8, 4) is 5.75 Å². The molecule has 0 aliphatic rings. The van der Waals surface area contributed by atoms with E-state index in [0.29, 0.717) is 17.4 Å². The molecule has 0 unspecified atom stereocenters. The van der Waals surface area contributed by atoms with Crippen LogP contribution in [0, 0.1) is 0 Å². The Morgan fingerprint density at radius 3 is 2.82 bits per heavy atom. The van der Waals surface area contributed by atoms with Crippen molar-refractivity contribution in [1.82, 2.24) is 4.98 Å². The quantitative estimate of drug-likeness (QED) is 0.659. The van der Waals surface area contributed by atoms with E-state index in [1.807, 2.05) is 0 Å². The van der Waals surface area contributed by atoms with E-state index in [0.717, 1.165) is 0 Å². The van der Waals surface area contributed by atoms with Gasteiger partial charge in [0.15, 0.2) is 5.75 Å². The molecule has 2 rings (SSSR count). The van der Waals surface area contributed by atoms with Crippen molar-refractivity contribution < 1.29 is 4.74 Å². The minimum atomic E-state index is -0.602. The van der Waals surface area contributed by atoms with Crippen molar-refractivity contribution in [1.29, 1.82) is 0 Å². The number of pyridine rings is 1. The molecule has 0 aliphatic carbocycles. The maximum atomic E-state index is 11.3. The monoisotopic (exact) mass is 252 g/mol. The molecule has 0 saturated heterocycles. The molecule has 0 saturated carbocycles. The Kier molecular flexibility index (Phi) is 3.10. The van der Waals surface area contributed by atoms with E-state index in [9.17, 15) is 9.59 Å². The second kappa shape index (κ2) is 4.55. The molecule has 0 amide bonds. The van der Waals surface area contributed by atoms with Gasteiger partial charge in [-0.05, 0) is 19.1 Å². The molecule has 0 bridgehead atoms. The number of nitrogens with one attached hydrogen (secondary N) is 1. The Hall–Kier alpha value is -1.88. The van der Waals surface area contributed by atoms with Crippen LogP contribution in [0.2, 0.25) is 5.15 Å². The largest absolute Gasteiger partial charge is 0.488 e. The van der Waals surface area contributed by atoms with Gasteiger partial charge in [-0.25, -0.2) is 4.98 Å². The molecule has 0 spiro atoms. The maximum absolute atomic E-state index is 11.3. The summed E-state index contributed by atoms with van der Waals surface area (Å²) in [5.74, 6) is 0.0745. The Labute approximate surface area is 102 Å². The van der Waals surface area contributed by atoms with Gasteiger partial charge in [-0.3, -0.25) is 9.59 Å². The topological polar surface area (TPSA) is 68.3 Å². The zero-order valence-electron chi connectivity index (χ0n) is 8.99. The van der Waals surface area contributed by atoms with Crippen LogP contribution in [0.5, 0.6) is 5.75 Å². The zero-order chi connectivity index (χ0) is 12.4. The third-order valence-electron chi connectivity index (χ3n) is 2.15. The van der Waals surface area contributed by atoms with Crippen LogP contribution < -0.4 is 20.9 Å². The summed E-state index contributed by atoms with van der Waals surface area (Å²) in [6.45, 7) is 2.07. The highest BCUT2D eigenvalue weighted by molar-refractivity contribution is 6.29. The first kappa shape index (κ1) is 11.6. The molecule has 0 fully saturated rings. The second-order valence-electron chi connectivity index (χ2n) is 3.29. The van der Waals surface area contributed by atoms with Gasteiger partial charge >= 0.3 is 0 Å². The standard InChI is InChI=1S/C11H9ClN2O3/c1-2-17-11-8(9(15)10(11)16)14-6-3-4-13-7(12)5-6/h3-5H,2H2,1H3,(H,13,14). The van der Waals surface area contributed by atoms with E-state index in [1.165, 1.54) is 6.20 Å². The lowest BCUT2D eigenvalue weighted by atomic mass is 10.2. The zero-order valence-corrected chi connectivity index (χ0v) is 9.75. The number of nitrogens with zero attached hydrogens (tertiary/aromatic N) is 1. The molecule has 17 heavy (non-hydrogen) atoms. The van der Waals surface area contributed by atoms with Gasteiger partial charge in [-0.15, -0.1) is 0 Å². The number of anilines is 2. The van der Waals surface area contributed by atoms with Crippen LogP contribution in [0.1, 0.15) is 6.92 Å². The highest BCUT2D eigenvalue weighted by atomic mass is 35.5. The fourth-order valence-electron chi connectivity index (χ4n) is 1.39. The third-order valence-corrected chi connectivity index (χ3v) is 2.36. The van der Waals surface area contributed by atoms with Crippen molar-refractivity contribution >= 4 is 23.0 Å². The number of halogens is 1. The lowest BCUT2D eigenvalue weighted by Gasteiger charge is -2.12. The summed E-state index contributed by atoms with van der Waals surface area (Å²) in [6, 6.07) is 3.19. The Morgan fingerprint density at radius 2 is 2.18 bits per heavy atom. The molecular formula is C11H9ClN2O3. The Balaban J connectivity index is 2.28. The first-order chi connectivity index (χ1) is 8.13. The van der Waals surface area contributed by atoms with Crippen LogP contribution in [0.15, 0.2) is 27.9 Å². The summed E-state index contributed by atoms with van der Waals surface area (Å²) in [5.41, 5.74) is -0.437. The van der Waals surface area contributed by atoms with E-state index in [1.54, 1.807) is 19.1 Å². The van der Waals surface area contributed by atoms with Crippen LogP contribution in [-0.4, -0.2) is 11.6 Å². The molecular weight excluding hydrogens is 244 g/mol. The molecule has 1 heterocycles. The van der Waals surface area contributed by atoms with Crippen molar-refractivity contribution in [3.63, 3.8) is 0 Å². The van der Waals surface area contributed by atoms with Crippen LogP contribution in [-0.2, 0) is 0 Å². The van der Waals surface area contributed by atoms with E-state index in [4.69, 9.17) is 16.3 Å². The molecule has 6 heteroatoms. The number of ether oxygens (including phenoxy) is 1. The molecule has 1 aromatic carbocycles. The average molecular weight is 253 g/mol. The summed E-state index contributed by atoms with van der Waals surface area (Å²) >= 11 is 5.70. The van der Waals surface area contributed by atoms with Crippen LogP contribution in [0.4, 0.5) is 11.4 Å². The van der Waals surface area contributed by atoms with Crippen molar-refractivity contribution in [3.05, 3.63) is 43.9 Å². The fourth-order valence-corrected chi connectivity index (χ4v) is 1.56. The predicted octanol–water partition coefficient (Wildman–Crippen LogP) is 1.47. The van der Waals surface area contributed by atoms with Gasteiger partial charge in [-0.2, -0.15) is 0 Å². The van der Waals surface area contributed by atoms with Crippen LogP contribution in [0.25, 0.3) is 0 Å². The molecule has 0 aliphatic heterocycles. The van der Waals surface area contributed by atoms with E-state index in [2.05, 4.69) is 10.3 Å². The van der Waals surface area contributed by atoms with E-state index < -0.39 is 10.9 Å². The second-order valence-corrected chi connectivity index (χ2v) is 3.67. The van der Waals surface area contributed by atoms with Gasteiger partial charge < -0.3 is 10.1 Å². The van der Waals surface area contributed by atoms with E-state index >= 15 is 0 Å². The summed E-state index contributed by atoms with van der Waals surface area (Å²) in [7, 11) is 0. The SMILES string of the molecule is CCOc1c(Nc2ccnc(Cl)c2)c(=O)c1=O. The fraction of sp³-hybridized carbons (Fsp3) is 0.182. The van der Waals surface area contributed by atoms with Gasteiger partial charge in [-0.1, -0.05) is 11.6 Å². The molecule has 1 N–H and O–H groups in total. The van der Waals surface area contributed by atoms with Crippen LogP contribution in [0.3, 0.4) is 0 Å². The highest BCUT2D eigenvalue weighted by Gasteiger charge is 2.22. The maximum Gasteiger partial charge on any atom is 0.272 e. The number of aromatic nitrogens is 1. The van der Waals surface area contributed by atoms with E-state index in [-0.39, 0.29) is 11.4 Å². The first-order valence-corrected chi connectivity index (χ1v) is 5.36. The number of rotatable bonds is 4. The lowest BCUT2D eigenvalue weighted by molar-refractivity contribution is 0.335. The van der Waals surface area contributed by atoms with Gasteiger partial charge in [0, 0.05) is 11.9 Å². The van der Waals surface area contributed by atoms with Crippen LogP contribution >= 0.6 is 11.6 Å². The molecule has 1 aromatic heterocycles. The summed E-state index contributed by atoms with van der Waals surface area (Å²) in [5, 5.41) is 3.09. The van der Waals surface area contributed by atoms with Crippen molar-refractivity contribution in [2.45, 2.75) is 6.92 Å². The average Bonchev–Trinajstić information content (AvgIpc) is 2.33. The Bertz CT molecular complexity index is 617. The van der Waals surface area contributed by atoms with Gasteiger partial charge in [0.25, 0.3) is 10.9 Å². The molecule has 5 nitrogen and oxygen atoms in total. The molecule has 0 radical (unpaired) electrons.